The largest absolute Gasteiger partial charge is 0.481 e. The minimum atomic E-state index is -0.864. The van der Waals surface area contributed by atoms with Crippen LogP contribution in [0.5, 0.6) is 0 Å². The summed E-state index contributed by atoms with van der Waals surface area (Å²) in [5, 5.41) is 12.0. The van der Waals surface area contributed by atoms with Gasteiger partial charge in [-0.3, -0.25) is 9.59 Å². The van der Waals surface area contributed by atoms with Crippen LogP contribution in [0.25, 0.3) is 10.2 Å². The summed E-state index contributed by atoms with van der Waals surface area (Å²) in [5.74, 6) is -1.04. The van der Waals surface area contributed by atoms with Crippen LogP contribution in [0.15, 0.2) is 18.2 Å². The molecule has 1 amide bonds. The highest BCUT2D eigenvalue weighted by Crippen LogP contribution is 2.27. The van der Waals surface area contributed by atoms with Crippen molar-refractivity contribution in [1.29, 1.82) is 0 Å². The predicted molar refractivity (Wildman–Crippen MR) is 74.4 cm³/mol. The number of benzene rings is 1. The lowest BCUT2D eigenvalue weighted by Gasteiger charge is -2.02. The first-order valence-corrected chi connectivity index (χ1v) is 6.69. The molecule has 100 valence electrons. The molecule has 0 atom stereocenters. The van der Waals surface area contributed by atoms with E-state index < -0.39 is 5.97 Å². The molecule has 19 heavy (non-hydrogen) atoms. The second-order valence-corrected chi connectivity index (χ2v) is 5.57. The molecular formula is C13H14N2O3S. The number of nitrogens with one attached hydrogen (secondary N) is 1. The van der Waals surface area contributed by atoms with Gasteiger partial charge in [0.25, 0.3) is 0 Å². The molecule has 2 aromatic rings. The first-order valence-electron chi connectivity index (χ1n) is 5.88. The minimum absolute atomic E-state index is 0.0124. The summed E-state index contributed by atoms with van der Waals surface area (Å²) in [6, 6.07) is 5.31. The Bertz CT molecular complexity index is 634. The van der Waals surface area contributed by atoms with E-state index in [1.807, 2.05) is 13.8 Å². The standard InChI is InChI=1S/C13H14N2O3S/c1-7(2)12(18)15-13-14-9-4-3-8(6-11(16)17)5-10(9)19-13/h3-5,7H,6H2,1-2H3,(H,16,17)(H,14,15,18). The van der Waals surface area contributed by atoms with Gasteiger partial charge >= 0.3 is 5.97 Å². The van der Waals surface area contributed by atoms with Gasteiger partial charge in [0.2, 0.25) is 5.91 Å². The first-order chi connectivity index (χ1) is 8.95. The second-order valence-electron chi connectivity index (χ2n) is 4.54. The van der Waals surface area contributed by atoms with Crippen molar-refractivity contribution >= 4 is 38.6 Å². The van der Waals surface area contributed by atoms with Crippen molar-refractivity contribution in [3.8, 4) is 0 Å². The molecular weight excluding hydrogens is 264 g/mol. The number of fused-ring (bicyclic) bond motifs is 1. The Morgan fingerprint density at radius 3 is 2.79 bits per heavy atom. The summed E-state index contributed by atoms with van der Waals surface area (Å²) in [7, 11) is 0. The number of aromatic nitrogens is 1. The third-order valence-electron chi connectivity index (χ3n) is 2.56. The topological polar surface area (TPSA) is 79.3 Å². The zero-order valence-electron chi connectivity index (χ0n) is 10.6. The zero-order chi connectivity index (χ0) is 14.0. The van der Waals surface area contributed by atoms with Crippen molar-refractivity contribution in [2.24, 2.45) is 5.92 Å². The molecule has 0 spiro atoms. The monoisotopic (exact) mass is 278 g/mol. The fourth-order valence-corrected chi connectivity index (χ4v) is 2.49. The van der Waals surface area contributed by atoms with E-state index in [9.17, 15) is 9.59 Å². The van der Waals surface area contributed by atoms with E-state index in [1.54, 1.807) is 18.2 Å². The fraction of sp³-hybridized carbons (Fsp3) is 0.308. The SMILES string of the molecule is CC(C)C(=O)Nc1nc2ccc(CC(=O)O)cc2s1. The van der Waals surface area contributed by atoms with Crippen molar-refractivity contribution in [2.75, 3.05) is 5.32 Å². The lowest BCUT2D eigenvalue weighted by Crippen LogP contribution is -2.17. The summed E-state index contributed by atoms with van der Waals surface area (Å²) < 4.78 is 0.873. The summed E-state index contributed by atoms with van der Waals surface area (Å²) in [4.78, 5) is 26.5. The lowest BCUT2D eigenvalue weighted by atomic mass is 10.1. The maximum atomic E-state index is 11.6. The predicted octanol–water partition coefficient (Wildman–Crippen LogP) is 2.52. The Morgan fingerprint density at radius 2 is 2.16 bits per heavy atom. The number of rotatable bonds is 4. The summed E-state index contributed by atoms with van der Waals surface area (Å²) in [5.41, 5.74) is 1.49. The van der Waals surface area contributed by atoms with Gasteiger partial charge in [-0.25, -0.2) is 4.98 Å². The molecule has 0 saturated heterocycles. The summed E-state index contributed by atoms with van der Waals surface area (Å²) in [6.07, 6.45) is -0.0124. The van der Waals surface area contributed by atoms with Crippen LogP contribution in [0.4, 0.5) is 5.13 Å². The molecule has 0 aliphatic heterocycles. The number of carboxylic acids is 1. The maximum Gasteiger partial charge on any atom is 0.307 e. The molecule has 2 N–H and O–H groups in total. The van der Waals surface area contributed by atoms with E-state index in [-0.39, 0.29) is 18.2 Å². The summed E-state index contributed by atoms with van der Waals surface area (Å²) >= 11 is 1.35. The number of carbonyl (C=O) groups is 2. The van der Waals surface area contributed by atoms with E-state index >= 15 is 0 Å². The number of hydrogen-bond donors (Lipinski definition) is 2. The highest BCUT2D eigenvalue weighted by atomic mass is 32.1. The van der Waals surface area contributed by atoms with Crippen LogP contribution >= 0.6 is 11.3 Å². The zero-order valence-corrected chi connectivity index (χ0v) is 11.5. The Morgan fingerprint density at radius 1 is 1.42 bits per heavy atom. The number of thiazole rings is 1. The van der Waals surface area contributed by atoms with Gasteiger partial charge < -0.3 is 10.4 Å². The number of carboxylic acid groups (broad SMARTS) is 1. The van der Waals surface area contributed by atoms with Crippen LogP contribution in [0.2, 0.25) is 0 Å². The average Bonchev–Trinajstić information content (AvgIpc) is 2.69. The quantitative estimate of drug-likeness (QED) is 0.900. The number of hydrogen-bond acceptors (Lipinski definition) is 4. The third-order valence-corrected chi connectivity index (χ3v) is 3.50. The normalized spacial score (nSPS) is 10.9. The van der Waals surface area contributed by atoms with E-state index in [0.29, 0.717) is 5.13 Å². The van der Waals surface area contributed by atoms with Crippen molar-refractivity contribution in [3.05, 3.63) is 23.8 Å². The Kier molecular flexibility index (Phi) is 3.80. The van der Waals surface area contributed by atoms with Gasteiger partial charge in [-0.05, 0) is 17.7 Å². The van der Waals surface area contributed by atoms with Crippen molar-refractivity contribution in [1.82, 2.24) is 4.98 Å². The Hall–Kier alpha value is -1.95. The maximum absolute atomic E-state index is 11.6. The van der Waals surface area contributed by atoms with Crippen molar-refractivity contribution < 1.29 is 14.7 Å². The molecule has 0 aliphatic rings. The Balaban J connectivity index is 2.25. The molecule has 0 bridgehead atoms. The highest BCUT2D eigenvalue weighted by molar-refractivity contribution is 7.22. The number of carbonyl (C=O) groups excluding carboxylic acids is 1. The summed E-state index contributed by atoms with van der Waals surface area (Å²) in [6.45, 7) is 3.63. The van der Waals surface area contributed by atoms with Crippen LogP contribution < -0.4 is 5.32 Å². The lowest BCUT2D eigenvalue weighted by molar-refractivity contribution is -0.136. The van der Waals surface area contributed by atoms with Crippen LogP contribution in [0.3, 0.4) is 0 Å². The first kappa shape index (κ1) is 13.5. The number of aliphatic carboxylic acids is 1. The molecule has 0 aliphatic carbocycles. The number of nitrogens with zero attached hydrogens (tertiary/aromatic N) is 1. The minimum Gasteiger partial charge on any atom is -0.481 e. The molecule has 5 nitrogen and oxygen atoms in total. The van der Waals surface area contributed by atoms with Crippen LogP contribution in [-0.4, -0.2) is 22.0 Å². The van der Waals surface area contributed by atoms with Gasteiger partial charge in [0.05, 0.1) is 16.6 Å². The van der Waals surface area contributed by atoms with Crippen LogP contribution in [0, 0.1) is 5.92 Å². The smallest absolute Gasteiger partial charge is 0.307 e. The van der Waals surface area contributed by atoms with Crippen LogP contribution in [-0.2, 0) is 16.0 Å². The number of anilines is 1. The van der Waals surface area contributed by atoms with Crippen LogP contribution in [0.1, 0.15) is 19.4 Å². The van der Waals surface area contributed by atoms with E-state index in [4.69, 9.17) is 5.11 Å². The fourth-order valence-electron chi connectivity index (χ4n) is 1.56. The van der Waals surface area contributed by atoms with Gasteiger partial charge in [-0.1, -0.05) is 31.3 Å². The molecule has 0 radical (unpaired) electrons. The highest BCUT2D eigenvalue weighted by Gasteiger charge is 2.11. The van der Waals surface area contributed by atoms with Gasteiger partial charge in [-0.2, -0.15) is 0 Å². The van der Waals surface area contributed by atoms with E-state index in [0.717, 1.165) is 15.8 Å². The molecule has 2 rings (SSSR count). The van der Waals surface area contributed by atoms with Gasteiger partial charge in [-0.15, -0.1) is 0 Å². The molecule has 1 heterocycles. The molecule has 0 fully saturated rings. The van der Waals surface area contributed by atoms with Crippen molar-refractivity contribution in [3.63, 3.8) is 0 Å². The van der Waals surface area contributed by atoms with E-state index in [1.165, 1.54) is 11.3 Å². The Labute approximate surface area is 114 Å². The van der Waals surface area contributed by atoms with Gasteiger partial charge in [0.1, 0.15) is 0 Å². The second kappa shape index (κ2) is 5.36. The van der Waals surface area contributed by atoms with E-state index in [2.05, 4.69) is 10.3 Å². The third kappa shape index (κ3) is 3.29. The molecule has 0 saturated carbocycles. The van der Waals surface area contributed by atoms with Gasteiger partial charge in [0, 0.05) is 5.92 Å². The van der Waals surface area contributed by atoms with Crippen molar-refractivity contribution in [2.45, 2.75) is 20.3 Å². The van der Waals surface area contributed by atoms with Gasteiger partial charge in [0.15, 0.2) is 5.13 Å². The average molecular weight is 278 g/mol. The molecule has 6 heteroatoms. The number of amides is 1. The molecule has 1 aromatic heterocycles. The molecule has 1 aromatic carbocycles. The molecule has 0 unspecified atom stereocenters.